The van der Waals surface area contributed by atoms with Crippen molar-refractivity contribution in [1.29, 1.82) is 0 Å². The summed E-state index contributed by atoms with van der Waals surface area (Å²) in [4.78, 5) is 24.5. The quantitative estimate of drug-likeness (QED) is 0.544. The first-order valence-electron chi connectivity index (χ1n) is 10.8. The molecule has 0 saturated carbocycles. The van der Waals surface area contributed by atoms with E-state index in [4.69, 9.17) is 4.74 Å². The van der Waals surface area contributed by atoms with Crippen molar-refractivity contribution in [3.05, 3.63) is 78.1 Å². The zero-order valence-electron chi connectivity index (χ0n) is 18.2. The van der Waals surface area contributed by atoms with E-state index < -0.39 is 0 Å². The van der Waals surface area contributed by atoms with Crippen LogP contribution in [0, 0.1) is 0 Å². The standard InChI is InChI=1S/C25H28N4O3/c1-32-22-9-5-19(6-10-22)17-25(14-12-24(31)28-25)13-11-23(30)26-18-20-3-7-21(8-4-20)29-16-2-15-27-29/h2-10,15-16H,11-14,17-18H2,1H3,(H,26,30)(H,28,31)/t25-/m1/s1. The van der Waals surface area contributed by atoms with Crippen LogP contribution in [0.3, 0.4) is 0 Å². The molecule has 32 heavy (non-hydrogen) atoms. The molecule has 1 fully saturated rings. The summed E-state index contributed by atoms with van der Waals surface area (Å²) in [6, 6.07) is 17.7. The fraction of sp³-hybridized carbons (Fsp3) is 0.320. The van der Waals surface area contributed by atoms with E-state index in [1.165, 1.54) is 0 Å². The van der Waals surface area contributed by atoms with Crippen LogP contribution in [0.5, 0.6) is 5.75 Å². The summed E-state index contributed by atoms with van der Waals surface area (Å²) >= 11 is 0. The molecular weight excluding hydrogens is 404 g/mol. The molecule has 2 amide bonds. The van der Waals surface area contributed by atoms with Gasteiger partial charge < -0.3 is 15.4 Å². The number of carbonyl (C=O) groups is 2. The highest BCUT2D eigenvalue weighted by molar-refractivity contribution is 5.80. The lowest BCUT2D eigenvalue weighted by atomic mass is 9.85. The van der Waals surface area contributed by atoms with Crippen molar-refractivity contribution < 1.29 is 14.3 Å². The van der Waals surface area contributed by atoms with Gasteiger partial charge in [0.05, 0.1) is 12.8 Å². The van der Waals surface area contributed by atoms with Gasteiger partial charge in [0.25, 0.3) is 0 Å². The average Bonchev–Trinajstić information content (AvgIpc) is 3.48. The van der Waals surface area contributed by atoms with E-state index in [0.717, 1.165) is 29.0 Å². The molecule has 0 aliphatic carbocycles. The summed E-state index contributed by atoms with van der Waals surface area (Å²) in [5, 5.41) is 10.3. The summed E-state index contributed by atoms with van der Waals surface area (Å²) < 4.78 is 7.01. The molecular formula is C25H28N4O3. The highest BCUT2D eigenvalue weighted by atomic mass is 16.5. The van der Waals surface area contributed by atoms with E-state index in [0.29, 0.717) is 32.2 Å². The predicted molar refractivity (Wildman–Crippen MR) is 121 cm³/mol. The van der Waals surface area contributed by atoms with Gasteiger partial charge in [-0.2, -0.15) is 5.10 Å². The molecule has 2 heterocycles. The second-order valence-electron chi connectivity index (χ2n) is 8.25. The largest absolute Gasteiger partial charge is 0.497 e. The van der Waals surface area contributed by atoms with Crippen LogP contribution in [0.2, 0.25) is 0 Å². The van der Waals surface area contributed by atoms with Crippen LogP contribution in [-0.4, -0.2) is 34.2 Å². The summed E-state index contributed by atoms with van der Waals surface area (Å²) in [6.45, 7) is 0.468. The van der Waals surface area contributed by atoms with E-state index in [2.05, 4.69) is 15.7 Å². The van der Waals surface area contributed by atoms with Crippen molar-refractivity contribution in [2.24, 2.45) is 0 Å². The monoisotopic (exact) mass is 432 g/mol. The molecule has 3 aromatic rings. The van der Waals surface area contributed by atoms with E-state index in [9.17, 15) is 9.59 Å². The lowest BCUT2D eigenvalue weighted by Gasteiger charge is -2.29. The number of nitrogens with one attached hydrogen (secondary N) is 2. The third-order valence-electron chi connectivity index (χ3n) is 5.96. The number of benzene rings is 2. The first kappa shape index (κ1) is 21.6. The Morgan fingerprint density at radius 3 is 2.53 bits per heavy atom. The number of hydrogen-bond acceptors (Lipinski definition) is 4. The van der Waals surface area contributed by atoms with E-state index in [1.54, 1.807) is 18.0 Å². The zero-order valence-corrected chi connectivity index (χ0v) is 18.2. The fourth-order valence-corrected chi connectivity index (χ4v) is 4.15. The molecule has 0 unspecified atom stereocenters. The molecule has 0 spiro atoms. The van der Waals surface area contributed by atoms with Crippen LogP contribution < -0.4 is 15.4 Å². The van der Waals surface area contributed by atoms with Crippen LogP contribution in [0.4, 0.5) is 0 Å². The fourth-order valence-electron chi connectivity index (χ4n) is 4.15. The van der Waals surface area contributed by atoms with Crippen molar-refractivity contribution in [3.8, 4) is 11.4 Å². The van der Waals surface area contributed by atoms with Gasteiger partial charge in [-0.05, 0) is 60.7 Å². The van der Waals surface area contributed by atoms with Gasteiger partial charge in [-0.15, -0.1) is 0 Å². The zero-order chi connectivity index (χ0) is 22.4. The minimum absolute atomic E-state index is 0.0172. The van der Waals surface area contributed by atoms with Gasteiger partial charge in [-0.25, -0.2) is 4.68 Å². The number of nitrogens with zero attached hydrogens (tertiary/aromatic N) is 2. The van der Waals surface area contributed by atoms with Gasteiger partial charge in [0, 0.05) is 37.3 Å². The Hall–Kier alpha value is -3.61. The topological polar surface area (TPSA) is 85.2 Å². The van der Waals surface area contributed by atoms with Gasteiger partial charge >= 0.3 is 0 Å². The molecule has 1 saturated heterocycles. The third kappa shape index (κ3) is 5.35. The second-order valence-corrected chi connectivity index (χ2v) is 8.25. The molecule has 2 N–H and O–H groups in total. The van der Waals surface area contributed by atoms with Crippen LogP contribution in [0.1, 0.15) is 36.8 Å². The molecule has 0 radical (unpaired) electrons. The highest BCUT2D eigenvalue weighted by Crippen LogP contribution is 2.30. The van der Waals surface area contributed by atoms with Crippen molar-refractivity contribution in [3.63, 3.8) is 0 Å². The number of aromatic nitrogens is 2. The summed E-state index contributed by atoms with van der Waals surface area (Å²) in [6.07, 6.45) is 6.53. The maximum Gasteiger partial charge on any atom is 0.220 e. The lowest BCUT2D eigenvalue weighted by Crippen LogP contribution is -2.44. The van der Waals surface area contributed by atoms with Gasteiger partial charge in [-0.3, -0.25) is 9.59 Å². The predicted octanol–water partition coefficient (Wildman–Crippen LogP) is 3.17. The maximum atomic E-state index is 12.5. The Morgan fingerprint density at radius 2 is 1.91 bits per heavy atom. The third-order valence-corrected chi connectivity index (χ3v) is 5.96. The van der Waals surface area contributed by atoms with E-state index in [-0.39, 0.29) is 17.4 Å². The summed E-state index contributed by atoms with van der Waals surface area (Å²) in [5.41, 5.74) is 2.73. The minimum atomic E-state index is -0.381. The lowest BCUT2D eigenvalue weighted by molar-refractivity contribution is -0.122. The minimum Gasteiger partial charge on any atom is -0.497 e. The van der Waals surface area contributed by atoms with Gasteiger partial charge in [0.1, 0.15) is 5.75 Å². The van der Waals surface area contributed by atoms with E-state index in [1.807, 2.05) is 60.8 Å². The Morgan fingerprint density at radius 1 is 1.16 bits per heavy atom. The summed E-state index contributed by atoms with van der Waals surface area (Å²) in [7, 11) is 1.64. The Kier molecular flexibility index (Phi) is 6.54. The molecule has 2 aromatic carbocycles. The van der Waals surface area contributed by atoms with Crippen LogP contribution in [0.25, 0.3) is 5.69 Å². The maximum absolute atomic E-state index is 12.5. The molecule has 7 nitrogen and oxygen atoms in total. The van der Waals surface area contributed by atoms with Crippen molar-refractivity contribution in [2.45, 2.75) is 44.2 Å². The van der Waals surface area contributed by atoms with Crippen molar-refractivity contribution in [2.75, 3.05) is 7.11 Å². The van der Waals surface area contributed by atoms with Gasteiger partial charge in [0.15, 0.2) is 0 Å². The first-order chi connectivity index (χ1) is 15.5. The second kappa shape index (κ2) is 9.68. The molecule has 4 rings (SSSR count). The highest BCUT2D eigenvalue weighted by Gasteiger charge is 2.37. The Balaban J connectivity index is 1.30. The molecule has 1 atom stereocenters. The normalized spacial score (nSPS) is 17.7. The number of hydrogen-bond donors (Lipinski definition) is 2. The Labute approximate surface area is 187 Å². The Bertz CT molecular complexity index is 1050. The molecule has 1 aliphatic rings. The van der Waals surface area contributed by atoms with Crippen LogP contribution in [0.15, 0.2) is 67.0 Å². The number of ether oxygens (including phenoxy) is 1. The van der Waals surface area contributed by atoms with Crippen molar-refractivity contribution >= 4 is 11.8 Å². The smallest absolute Gasteiger partial charge is 0.220 e. The molecule has 1 aliphatic heterocycles. The van der Waals surface area contributed by atoms with Gasteiger partial charge in [0.2, 0.25) is 11.8 Å². The SMILES string of the molecule is COc1ccc(C[C@@]2(CCC(=O)NCc3ccc(-n4cccn4)cc3)CCC(=O)N2)cc1. The van der Waals surface area contributed by atoms with Crippen molar-refractivity contribution in [1.82, 2.24) is 20.4 Å². The average molecular weight is 433 g/mol. The number of rotatable bonds is 9. The van der Waals surface area contributed by atoms with Crippen LogP contribution in [-0.2, 0) is 22.6 Å². The number of methoxy groups -OCH3 is 1. The molecule has 1 aromatic heterocycles. The summed E-state index contributed by atoms with van der Waals surface area (Å²) in [5.74, 6) is 0.836. The van der Waals surface area contributed by atoms with Crippen LogP contribution >= 0.6 is 0 Å². The number of carbonyl (C=O) groups excluding carboxylic acids is 2. The molecule has 166 valence electrons. The van der Waals surface area contributed by atoms with Gasteiger partial charge in [-0.1, -0.05) is 24.3 Å². The van der Waals surface area contributed by atoms with E-state index >= 15 is 0 Å². The first-order valence-corrected chi connectivity index (χ1v) is 10.8. The number of amides is 2. The molecule has 7 heteroatoms. The molecule has 0 bridgehead atoms.